The van der Waals surface area contributed by atoms with Crippen LogP contribution in [-0.4, -0.2) is 39.3 Å². The molecule has 0 aliphatic carbocycles. The van der Waals surface area contributed by atoms with Gasteiger partial charge in [-0.05, 0) is 25.5 Å². The van der Waals surface area contributed by atoms with Crippen molar-refractivity contribution in [3.63, 3.8) is 0 Å². The number of rotatable bonds is 4. The molecule has 2 atom stereocenters. The third-order valence-corrected chi connectivity index (χ3v) is 6.74. The number of ether oxygens (including phenoxy) is 1. The van der Waals surface area contributed by atoms with E-state index in [1.54, 1.807) is 34.9 Å². The molecule has 1 aromatic heterocycles. The largest absolute Gasteiger partial charge is 0.459 e. The summed E-state index contributed by atoms with van der Waals surface area (Å²) in [5.74, 6) is -0.253. The first-order valence-corrected chi connectivity index (χ1v) is 10.2. The monoisotopic (exact) mass is 416 g/mol. The highest BCUT2D eigenvalue weighted by Crippen LogP contribution is 2.47. The first kappa shape index (κ1) is 19.5. The van der Waals surface area contributed by atoms with Crippen LogP contribution < -0.4 is 10.9 Å². The number of hydrogen-bond acceptors (Lipinski definition) is 7. The van der Waals surface area contributed by atoms with E-state index in [0.717, 1.165) is 6.42 Å². The number of carbonyl (C=O) groups excluding carboxylic acids is 3. The van der Waals surface area contributed by atoms with Crippen molar-refractivity contribution in [2.75, 3.05) is 11.1 Å². The summed E-state index contributed by atoms with van der Waals surface area (Å²) < 4.78 is 10.7. The minimum atomic E-state index is -0.613. The number of amides is 2. The Labute approximate surface area is 170 Å². The van der Waals surface area contributed by atoms with Gasteiger partial charge >= 0.3 is 11.6 Å². The summed E-state index contributed by atoms with van der Waals surface area (Å²) in [6.07, 6.45) is 1.16. The molecule has 152 valence electrons. The maximum Gasteiger partial charge on any atom is 0.336 e. The van der Waals surface area contributed by atoms with Crippen LogP contribution in [0.4, 0.5) is 5.69 Å². The number of hydrogen-bond donors (Lipinski definition) is 1. The van der Waals surface area contributed by atoms with Crippen LogP contribution >= 0.6 is 11.8 Å². The molecule has 1 N–H and O–H groups in total. The van der Waals surface area contributed by atoms with Crippen molar-refractivity contribution in [1.82, 2.24) is 4.90 Å². The Bertz CT molecular complexity index is 1080. The molecule has 2 amide bonds. The molecular formula is C20H20N2O6S. The van der Waals surface area contributed by atoms with Crippen LogP contribution in [-0.2, 0) is 25.7 Å². The van der Waals surface area contributed by atoms with Gasteiger partial charge in [0.05, 0.1) is 4.87 Å². The van der Waals surface area contributed by atoms with Gasteiger partial charge in [-0.1, -0.05) is 0 Å². The summed E-state index contributed by atoms with van der Waals surface area (Å²) >= 11 is 1.59. The van der Waals surface area contributed by atoms with E-state index in [1.807, 2.05) is 6.92 Å². The van der Waals surface area contributed by atoms with Gasteiger partial charge in [0.1, 0.15) is 18.2 Å². The predicted octanol–water partition coefficient (Wildman–Crippen LogP) is 2.25. The molecule has 2 aliphatic rings. The lowest BCUT2D eigenvalue weighted by molar-refractivity contribution is -0.154. The first-order chi connectivity index (χ1) is 13.8. The zero-order valence-electron chi connectivity index (χ0n) is 16.0. The molecule has 1 aromatic carbocycles. The van der Waals surface area contributed by atoms with Gasteiger partial charge < -0.3 is 19.4 Å². The average Bonchev–Trinajstić information content (AvgIpc) is 3.14. The number of thioether (sulfide) groups is 1. The van der Waals surface area contributed by atoms with Crippen LogP contribution in [0.25, 0.3) is 11.0 Å². The topological polar surface area (TPSA) is 106 Å². The summed E-state index contributed by atoms with van der Waals surface area (Å²) in [5.41, 5.74) is 0.702. The Morgan fingerprint density at radius 2 is 2.14 bits per heavy atom. The molecule has 2 saturated heterocycles. The number of fused-ring (bicyclic) bond motifs is 2. The van der Waals surface area contributed by atoms with Crippen LogP contribution in [0.15, 0.2) is 33.5 Å². The van der Waals surface area contributed by atoms with E-state index in [2.05, 4.69) is 5.32 Å². The Hall–Kier alpha value is -2.81. The lowest BCUT2D eigenvalue weighted by atomic mass is 10.1. The number of nitrogens with zero attached hydrogens (tertiary/aromatic N) is 1. The highest BCUT2D eigenvalue weighted by atomic mass is 32.2. The Morgan fingerprint density at radius 3 is 2.90 bits per heavy atom. The fourth-order valence-corrected chi connectivity index (χ4v) is 5.29. The number of esters is 1. The number of nitrogens with one attached hydrogen (secondary N) is 1. The standard InChI is InChI=1S/C20H20N2O6S/c1-11(23)21-13-3-4-14-12(7-18(25)28-16(14)8-13)9-27-19(26)15-10-29-20(2)6-5-17(24)22(15)20/h3-4,7-8,15H,5-6,9-10H2,1-2H3,(H,21,23)/t15-,20-/m0/s1. The second-order valence-corrected chi connectivity index (χ2v) is 8.86. The van der Waals surface area contributed by atoms with Crippen LogP contribution in [0.5, 0.6) is 0 Å². The SMILES string of the molecule is CC(=O)Nc1ccc2c(COC(=O)[C@@H]3CS[C@@]4(C)CCC(=O)N34)cc(=O)oc2c1. The molecule has 2 aromatic rings. The van der Waals surface area contributed by atoms with Crippen LogP contribution in [0, 0.1) is 0 Å². The van der Waals surface area contributed by atoms with Crippen LogP contribution in [0.3, 0.4) is 0 Å². The first-order valence-electron chi connectivity index (χ1n) is 9.24. The molecule has 8 nitrogen and oxygen atoms in total. The second-order valence-electron chi connectivity index (χ2n) is 7.36. The summed E-state index contributed by atoms with van der Waals surface area (Å²) in [7, 11) is 0. The minimum Gasteiger partial charge on any atom is -0.459 e. The molecular weight excluding hydrogens is 396 g/mol. The normalized spacial score (nSPS) is 23.3. The summed E-state index contributed by atoms with van der Waals surface area (Å²) in [5, 5.41) is 3.23. The lowest BCUT2D eigenvalue weighted by Gasteiger charge is -2.29. The maximum atomic E-state index is 12.7. The fraction of sp³-hybridized carbons (Fsp3) is 0.400. The third-order valence-electron chi connectivity index (χ3n) is 5.24. The van der Waals surface area contributed by atoms with Gasteiger partial charge in [0, 0.05) is 47.9 Å². The highest BCUT2D eigenvalue weighted by Gasteiger charge is 2.53. The van der Waals surface area contributed by atoms with Gasteiger partial charge in [-0.3, -0.25) is 9.59 Å². The molecule has 2 fully saturated rings. The van der Waals surface area contributed by atoms with Crippen molar-refractivity contribution in [3.05, 3.63) is 40.2 Å². The zero-order valence-corrected chi connectivity index (χ0v) is 16.8. The van der Waals surface area contributed by atoms with Gasteiger partial charge in [-0.15, -0.1) is 11.8 Å². The van der Waals surface area contributed by atoms with Crippen molar-refractivity contribution in [2.24, 2.45) is 0 Å². The molecule has 2 aliphatic heterocycles. The summed E-state index contributed by atoms with van der Waals surface area (Å²) in [6, 6.07) is 5.59. The predicted molar refractivity (Wildman–Crippen MR) is 107 cm³/mol. The van der Waals surface area contributed by atoms with E-state index < -0.39 is 17.6 Å². The van der Waals surface area contributed by atoms with E-state index in [0.29, 0.717) is 28.8 Å². The molecule has 4 rings (SSSR count). The van der Waals surface area contributed by atoms with Gasteiger partial charge in [0.2, 0.25) is 11.8 Å². The number of carbonyl (C=O) groups is 3. The van der Waals surface area contributed by atoms with Crippen LogP contribution in [0.2, 0.25) is 0 Å². The van der Waals surface area contributed by atoms with Gasteiger partial charge in [-0.2, -0.15) is 0 Å². The molecule has 0 bridgehead atoms. The van der Waals surface area contributed by atoms with Crippen molar-refractivity contribution in [2.45, 2.75) is 44.2 Å². The van der Waals surface area contributed by atoms with Crippen molar-refractivity contribution < 1.29 is 23.5 Å². The van der Waals surface area contributed by atoms with E-state index in [9.17, 15) is 19.2 Å². The van der Waals surface area contributed by atoms with Gasteiger partial charge in [-0.25, -0.2) is 9.59 Å². The fourth-order valence-electron chi connectivity index (χ4n) is 3.87. The van der Waals surface area contributed by atoms with Crippen molar-refractivity contribution >= 4 is 46.2 Å². The molecule has 0 spiro atoms. The van der Waals surface area contributed by atoms with Gasteiger partial charge in [0.15, 0.2) is 0 Å². The molecule has 29 heavy (non-hydrogen) atoms. The summed E-state index contributed by atoms with van der Waals surface area (Å²) in [6.45, 7) is 3.24. The number of anilines is 1. The number of benzene rings is 1. The van der Waals surface area contributed by atoms with E-state index in [-0.39, 0.29) is 28.9 Å². The molecule has 3 heterocycles. The smallest absolute Gasteiger partial charge is 0.336 e. The second kappa shape index (κ2) is 7.22. The lowest BCUT2D eigenvalue weighted by Crippen LogP contribution is -2.46. The zero-order chi connectivity index (χ0) is 20.8. The van der Waals surface area contributed by atoms with E-state index in [4.69, 9.17) is 9.15 Å². The van der Waals surface area contributed by atoms with E-state index in [1.165, 1.54) is 13.0 Å². The van der Waals surface area contributed by atoms with E-state index >= 15 is 0 Å². The Balaban J connectivity index is 1.54. The highest BCUT2D eigenvalue weighted by molar-refractivity contribution is 8.01. The molecule has 0 saturated carbocycles. The Morgan fingerprint density at radius 1 is 1.34 bits per heavy atom. The minimum absolute atomic E-state index is 0.0317. The quantitative estimate of drug-likeness (QED) is 0.602. The summed E-state index contributed by atoms with van der Waals surface area (Å²) in [4.78, 5) is 49.3. The average molecular weight is 416 g/mol. The molecule has 0 radical (unpaired) electrons. The van der Waals surface area contributed by atoms with Crippen LogP contribution in [0.1, 0.15) is 32.3 Å². The molecule has 0 unspecified atom stereocenters. The van der Waals surface area contributed by atoms with Crippen molar-refractivity contribution in [3.8, 4) is 0 Å². The van der Waals surface area contributed by atoms with Crippen molar-refractivity contribution in [1.29, 1.82) is 0 Å². The van der Waals surface area contributed by atoms with Gasteiger partial charge in [0.25, 0.3) is 0 Å². The third kappa shape index (κ3) is 3.62. The maximum absolute atomic E-state index is 12.7. The molecule has 9 heteroatoms. The Kier molecular flexibility index (Phi) is 4.85.